The highest BCUT2D eigenvalue weighted by atomic mass is 16.5. The van der Waals surface area contributed by atoms with Gasteiger partial charge in [0.25, 0.3) is 0 Å². The van der Waals surface area contributed by atoms with Gasteiger partial charge in [-0.05, 0) is 36.8 Å². The third-order valence-corrected chi connectivity index (χ3v) is 4.24. The van der Waals surface area contributed by atoms with Crippen LogP contribution in [0.1, 0.15) is 42.9 Å². The molecule has 0 aliphatic heterocycles. The van der Waals surface area contributed by atoms with Crippen molar-refractivity contribution < 1.29 is 19.4 Å². The van der Waals surface area contributed by atoms with Crippen LogP contribution in [0.15, 0.2) is 24.3 Å². The normalized spacial score (nSPS) is 16.3. The number of rotatable bonds is 8. The van der Waals surface area contributed by atoms with Crippen molar-refractivity contribution in [3.8, 4) is 0 Å². The number of hydrogen-bond donors (Lipinski definition) is 2. The lowest BCUT2D eigenvalue weighted by Crippen LogP contribution is -2.39. The van der Waals surface area contributed by atoms with Crippen molar-refractivity contribution in [2.24, 2.45) is 0 Å². The largest absolute Gasteiger partial charge is 0.481 e. The lowest BCUT2D eigenvalue weighted by molar-refractivity contribution is -0.137. The van der Waals surface area contributed by atoms with Crippen LogP contribution in [0.25, 0.3) is 0 Å². The zero-order valence-electron chi connectivity index (χ0n) is 14.2. The highest BCUT2D eigenvalue weighted by Gasteiger charge is 2.19. The van der Waals surface area contributed by atoms with Gasteiger partial charge in [-0.1, -0.05) is 24.3 Å². The predicted octanol–water partition coefficient (Wildman–Crippen LogP) is 2.59. The van der Waals surface area contributed by atoms with Crippen LogP contribution >= 0.6 is 0 Å². The molecule has 2 N–H and O–H groups in total. The van der Waals surface area contributed by atoms with Gasteiger partial charge in [0, 0.05) is 26.7 Å². The summed E-state index contributed by atoms with van der Waals surface area (Å²) >= 11 is 0. The van der Waals surface area contributed by atoms with Crippen LogP contribution in [0.3, 0.4) is 0 Å². The molecular weight excluding hydrogens is 308 g/mol. The van der Waals surface area contributed by atoms with Crippen molar-refractivity contribution in [1.82, 2.24) is 10.2 Å². The maximum Gasteiger partial charge on any atom is 0.317 e. The first-order chi connectivity index (χ1) is 11.6. The van der Waals surface area contributed by atoms with Crippen LogP contribution in [0.4, 0.5) is 4.79 Å². The molecule has 6 nitrogen and oxygen atoms in total. The second-order valence-electron chi connectivity index (χ2n) is 6.10. The van der Waals surface area contributed by atoms with E-state index in [1.165, 1.54) is 16.0 Å². The molecule has 1 aromatic carbocycles. The van der Waals surface area contributed by atoms with Crippen LogP contribution in [-0.2, 0) is 16.0 Å². The molecule has 0 fully saturated rings. The lowest BCUT2D eigenvalue weighted by atomic mass is 9.89. The molecule has 1 aliphatic rings. The Labute approximate surface area is 142 Å². The maximum absolute atomic E-state index is 11.8. The Morgan fingerprint density at radius 3 is 2.96 bits per heavy atom. The van der Waals surface area contributed by atoms with E-state index in [9.17, 15) is 9.59 Å². The molecule has 2 rings (SSSR count). The number of carbonyl (C=O) groups is 2. The highest BCUT2D eigenvalue weighted by Crippen LogP contribution is 2.32. The first-order valence-electron chi connectivity index (χ1n) is 8.48. The number of amides is 2. The van der Waals surface area contributed by atoms with Gasteiger partial charge in [0.05, 0.1) is 12.5 Å². The zero-order chi connectivity index (χ0) is 17.4. The second-order valence-corrected chi connectivity index (χ2v) is 6.10. The minimum absolute atomic E-state index is 0.0475. The monoisotopic (exact) mass is 334 g/mol. The zero-order valence-corrected chi connectivity index (χ0v) is 14.2. The molecule has 0 heterocycles. The van der Waals surface area contributed by atoms with Gasteiger partial charge >= 0.3 is 12.0 Å². The van der Waals surface area contributed by atoms with Gasteiger partial charge < -0.3 is 20.1 Å². The van der Waals surface area contributed by atoms with Crippen LogP contribution in [0.2, 0.25) is 0 Å². The Bertz CT molecular complexity index is 562. The second kappa shape index (κ2) is 9.27. The number of aliphatic carboxylic acids is 1. The summed E-state index contributed by atoms with van der Waals surface area (Å²) in [5, 5.41) is 11.4. The fraction of sp³-hybridized carbons (Fsp3) is 0.556. The molecule has 0 spiro atoms. The van der Waals surface area contributed by atoms with Crippen LogP contribution in [-0.4, -0.2) is 48.8 Å². The topological polar surface area (TPSA) is 78.9 Å². The summed E-state index contributed by atoms with van der Waals surface area (Å²) in [4.78, 5) is 23.6. The molecule has 6 heteroatoms. The number of benzene rings is 1. The quantitative estimate of drug-likeness (QED) is 0.716. The summed E-state index contributed by atoms with van der Waals surface area (Å²) in [6.07, 6.45) is 4.15. The molecule has 0 saturated carbocycles. The Hall–Kier alpha value is -2.08. The number of nitrogens with one attached hydrogen (secondary N) is 1. The molecule has 2 amide bonds. The number of urea groups is 1. The van der Waals surface area contributed by atoms with Crippen molar-refractivity contribution in [2.45, 2.75) is 38.2 Å². The Balaban J connectivity index is 1.64. The van der Waals surface area contributed by atoms with Crippen LogP contribution in [0, 0.1) is 0 Å². The fourth-order valence-corrected chi connectivity index (χ4v) is 2.88. The van der Waals surface area contributed by atoms with E-state index >= 15 is 0 Å². The summed E-state index contributed by atoms with van der Waals surface area (Å²) < 4.78 is 5.99. The number of carboxylic acids is 1. The Kier molecular flexibility index (Phi) is 7.06. The average Bonchev–Trinajstić information content (AvgIpc) is 2.59. The van der Waals surface area contributed by atoms with Crippen LogP contribution in [0.5, 0.6) is 0 Å². The van der Waals surface area contributed by atoms with Crippen molar-refractivity contribution in [1.29, 1.82) is 0 Å². The molecule has 24 heavy (non-hydrogen) atoms. The number of ether oxygens (including phenoxy) is 1. The standard InChI is InChI=1S/C18H26N2O4/c1-20(12-10-17(21)22)18(23)19-11-5-13-24-16-9-4-7-14-6-2-3-8-15(14)16/h2-3,6,8,16H,4-5,7,9-13H2,1H3,(H,19,23)(H,21,22). The summed E-state index contributed by atoms with van der Waals surface area (Å²) in [5.74, 6) is -0.907. The van der Waals surface area contributed by atoms with E-state index in [4.69, 9.17) is 9.84 Å². The van der Waals surface area contributed by atoms with Gasteiger partial charge in [0.1, 0.15) is 0 Å². The molecule has 0 bridgehead atoms. The van der Waals surface area contributed by atoms with Gasteiger partial charge in [-0.3, -0.25) is 4.79 Å². The van der Waals surface area contributed by atoms with Crippen molar-refractivity contribution >= 4 is 12.0 Å². The summed E-state index contributed by atoms with van der Waals surface area (Å²) in [6.45, 7) is 1.32. The van der Waals surface area contributed by atoms with Gasteiger partial charge in [-0.2, -0.15) is 0 Å². The number of aryl methyl sites for hydroxylation is 1. The van der Waals surface area contributed by atoms with E-state index in [0.717, 1.165) is 25.7 Å². The van der Waals surface area contributed by atoms with Gasteiger partial charge in [-0.25, -0.2) is 4.79 Å². The van der Waals surface area contributed by atoms with E-state index in [-0.39, 0.29) is 25.1 Å². The van der Waals surface area contributed by atoms with Gasteiger partial charge in [0.2, 0.25) is 0 Å². The first kappa shape index (κ1) is 18.3. The van der Waals surface area contributed by atoms with E-state index in [2.05, 4.69) is 23.5 Å². The van der Waals surface area contributed by atoms with E-state index in [0.29, 0.717) is 13.2 Å². The van der Waals surface area contributed by atoms with E-state index in [1.54, 1.807) is 7.05 Å². The number of carboxylic acid groups (broad SMARTS) is 1. The van der Waals surface area contributed by atoms with Crippen molar-refractivity contribution in [3.63, 3.8) is 0 Å². The molecule has 132 valence electrons. The fourth-order valence-electron chi connectivity index (χ4n) is 2.88. The average molecular weight is 334 g/mol. The molecule has 0 aromatic heterocycles. The van der Waals surface area contributed by atoms with E-state index < -0.39 is 5.97 Å². The summed E-state index contributed by atoms with van der Waals surface area (Å²) in [6, 6.07) is 8.17. The van der Waals surface area contributed by atoms with Crippen molar-refractivity contribution in [2.75, 3.05) is 26.7 Å². The smallest absolute Gasteiger partial charge is 0.317 e. The summed E-state index contributed by atoms with van der Waals surface area (Å²) in [7, 11) is 1.59. The third-order valence-electron chi connectivity index (χ3n) is 4.24. The molecule has 1 aliphatic carbocycles. The number of fused-ring (bicyclic) bond motifs is 1. The van der Waals surface area contributed by atoms with E-state index in [1.807, 2.05) is 6.07 Å². The SMILES string of the molecule is CN(CCC(=O)O)C(=O)NCCCOC1CCCc2ccccc21. The molecule has 1 atom stereocenters. The summed E-state index contributed by atoms with van der Waals surface area (Å²) in [5.41, 5.74) is 2.67. The van der Waals surface area contributed by atoms with Gasteiger partial charge in [-0.15, -0.1) is 0 Å². The number of hydrogen-bond acceptors (Lipinski definition) is 3. The molecular formula is C18H26N2O4. The molecule has 0 radical (unpaired) electrons. The first-order valence-corrected chi connectivity index (χ1v) is 8.48. The molecule has 1 unspecified atom stereocenters. The number of nitrogens with zero attached hydrogens (tertiary/aromatic N) is 1. The number of carbonyl (C=O) groups excluding carboxylic acids is 1. The van der Waals surface area contributed by atoms with Gasteiger partial charge in [0.15, 0.2) is 0 Å². The Morgan fingerprint density at radius 1 is 1.38 bits per heavy atom. The lowest BCUT2D eigenvalue weighted by Gasteiger charge is -2.25. The van der Waals surface area contributed by atoms with Crippen LogP contribution < -0.4 is 5.32 Å². The van der Waals surface area contributed by atoms with Crippen molar-refractivity contribution in [3.05, 3.63) is 35.4 Å². The minimum Gasteiger partial charge on any atom is -0.481 e. The Morgan fingerprint density at radius 2 is 2.17 bits per heavy atom. The molecule has 0 saturated heterocycles. The third kappa shape index (κ3) is 5.53. The molecule has 1 aromatic rings. The maximum atomic E-state index is 11.8. The minimum atomic E-state index is -0.907. The predicted molar refractivity (Wildman–Crippen MR) is 91.0 cm³/mol. The highest BCUT2D eigenvalue weighted by molar-refractivity contribution is 5.74.